The summed E-state index contributed by atoms with van der Waals surface area (Å²) in [7, 11) is 0. The van der Waals surface area contributed by atoms with E-state index in [1.165, 1.54) is 4.90 Å². The van der Waals surface area contributed by atoms with Crippen LogP contribution >= 0.6 is 0 Å². The van der Waals surface area contributed by atoms with Crippen molar-refractivity contribution < 1.29 is 24.2 Å². The molecule has 3 heterocycles. The Morgan fingerprint density at radius 1 is 1.17 bits per heavy atom. The number of hydrogen-bond donors (Lipinski definition) is 1. The number of aliphatic hydroxyl groups is 1. The molecule has 1 fully saturated rings. The van der Waals surface area contributed by atoms with E-state index in [-0.39, 0.29) is 24.0 Å². The summed E-state index contributed by atoms with van der Waals surface area (Å²) in [6.07, 6.45) is 4.94. The smallest absolute Gasteiger partial charge is 0.295 e. The van der Waals surface area contributed by atoms with Gasteiger partial charge in [-0.15, -0.1) is 0 Å². The molecule has 0 bridgehead atoms. The predicted molar refractivity (Wildman–Crippen MR) is 135 cm³/mol. The minimum atomic E-state index is -0.779. The summed E-state index contributed by atoms with van der Waals surface area (Å²) in [4.78, 5) is 32.3. The number of aromatic nitrogens is 1. The second kappa shape index (κ2) is 9.85. The third-order valence-electron chi connectivity index (χ3n) is 6.43. The van der Waals surface area contributed by atoms with E-state index in [0.717, 1.165) is 23.3 Å². The topological polar surface area (TPSA) is 89.0 Å². The maximum absolute atomic E-state index is 13.4. The van der Waals surface area contributed by atoms with Gasteiger partial charge < -0.3 is 19.5 Å². The number of fused-ring (bicyclic) bond motifs is 1. The molecule has 184 valence electrons. The summed E-state index contributed by atoms with van der Waals surface area (Å²) < 4.78 is 11.6. The lowest BCUT2D eigenvalue weighted by molar-refractivity contribution is -0.140. The Labute approximate surface area is 210 Å². The molecule has 0 radical (unpaired) electrons. The second-order valence-corrected chi connectivity index (χ2v) is 9.16. The van der Waals surface area contributed by atoms with E-state index < -0.39 is 17.7 Å². The lowest BCUT2D eigenvalue weighted by Gasteiger charge is -2.25. The summed E-state index contributed by atoms with van der Waals surface area (Å²) in [6, 6.07) is 15.6. The minimum Gasteiger partial charge on any atom is -0.507 e. The Morgan fingerprint density at radius 2 is 2.03 bits per heavy atom. The lowest BCUT2D eigenvalue weighted by atomic mass is 9.94. The highest BCUT2D eigenvalue weighted by atomic mass is 16.5. The van der Waals surface area contributed by atoms with Crippen molar-refractivity contribution >= 4 is 17.4 Å². The number of carbonyl (C=O) groups excluding carboxylic acids is 2. The van der Waals surface area contributed by atoms with Gasteiger partial charge in [0.2, 0.25) is 0 Å². The van der Waals surface area contributed by atoms with Crippen molar-refractivity contribution in [1.82, 2.24) is 9.88 Å². The molecular weight excluding hydrogens is 456 g/mol. The summed E-state index contributed by atoms with van der Waals surface area (Å²) in [5.41, 5.74) is 2.97. The number of ether oxygens (including phenoxy) is 2. The first kappa shape index (κ1) is 23.6. The van der Waals surface area contributed by atoms with Crippen LogP contribution < -0.4 is 9.47 Å². The first-order valence-electron chi connectivity index (χ1n) is 12.2. The number of benzene rings is 2. The Bertz CT molecular complexity index is 1330. The Hall–Kier alpha value is -4.13. The lowest BCUT2D eigenvalue weighted by Crippen LogP contribution is -2.29. The number of rotatable bonds is 7. The van der Waals surface area contributed by atoms with Gasteiger partial charge in [0.15, 0.2) is 0 Å². The quantitative estimate of drug-likeness (QED) is 0.294. The van der Waals surface area contributed by atoms with E-state index in [1.807, 2.05) is 50.2 Å². The number of Topliss-reactive ketones (excluding diaryl/α,β-unsaturated/α-hetero) is 1. The molecule has 7 heteroatoms. The van der Waals surface area contributed by atoms with Crippen molar-refractivity contribution in [2.24, 2.45) is 0 Å². The average Bonchev–Trinajstić information content (AvgIpc) is 3.39. The normalized spacial score (nSPS) is 20.3. The van der Waals surface area contributed by atoms with Gasteiger partial charge in [0.1, 0.15) is 23.4 Å². The number of amides is 1. The van der Waals surface area contributed by atoms with E-state index in [2.05, 4.69) is 4.98 Å². The van der Waals surface area contributed by atoms with Crippen LogP contribution in [0.3, 0.4) is 0 Å². The monoisotopic (exact) mass is 484 g/mol. The number of likely N-dealkylation sites (tertiary alicyclic amines) is 1. The van der Waals surface area contributed by atoms with Crippen LogP contribution in [0, 0.1) is 0 Å². The molecule has 3 aromatic rings. The molecule has 0 unspecified atom stereocenters. The van der Waals surface area contributed by atoms with Crippen LogP contribution in [-0.2, 0) is 22.6 Å². The fourth-order valence-corrected chi connectivity index (χ4v) is 4.80. The van der Waals surface area contributed by atoms with Crippen LogP contribution in [0.2, 0.25) is 0 Å². The molecule has 2 aromatic carbocycles. The van der Waals surface area contributed by atoms with Crippen LogP contribution in [-0.4, -0.2) is 39.4 Å². The first-order chi connectivity index (χ1) is 17.5. The number of ketones is 1. The fourth-order valence-electron chi connectivity index (χ4n) is 4.80. The van der Waals surface area contributed by atoms with Crippen LogP contribution in [0.25, 0.3) is 5.76 Å². The van der Waals surface area contributed by atoms with E-state index in [1.54, 1.807) is 30.6 Å². The fraction of sp³-hybridized carbons (Fsp3) is 0.276. The van der Waals surface area contributed by atoms with E-state index >= 15 is 0 Å². The molecule has 2 aliphatic heterocycles. The second-order valence-electron chi connectivity index (χ2n) is 9.16. The molecule has 1 saturated heterocycles. The van der Waals surface area contributed by atoms with Crippen LogP contribution in [0.4, 0.5) is 0 Å². The molecular formula is C29H28N2O5. The zero-order chi connectivity index (χ0) is 25.2. The zero-order valence-electron chi connectivity index (χ0n) is 20.3. The zero-order valence-corrected chi connectivity index (χ0v) is 20.3. The largest absolute Gasteiger partial charge is 0.507 e. The highest BCUT2D eigenvalue weighted by Gasteiger charge is 2.46. The van der Waals surface area contributed by atoms with Gasteiger partial charge in [0.25, 0.3) is 11.7 Å². The molecule has 1 amide bonds. The number of nitrogens with zero attached hydrogens (tertiary/aromatic N) is 2. The highest BCUT2D eigenvalue weighted by Crippen LogP contribution is 2.42. The van der Waals surface area contributed by atoms with Crippen LogP contribution in [0.15, 0.2) is 72.6 Å². The van der Waals surface area contributed by atoms with E-state index in [4.69, 9.17) is 9.47 Å². The predicted octanol–water partition coefficient (Wildman–Crippen LogP) is 4.82. The van der Waals surface area contributed by atoms with Crippen molar-refractivity contribution in [3.8, 4) is 11.5 Å². The molecule has 36 heavy (non-hydrogen) atoms. The van der Waals surface area contributed by atoms with Crippen molar-refractivity contribution in [3.05, 3.63) is 94.8 Å². The Balaban J connectivity index is 1.61. The van der Waals surface area contributed by atoms with Gasteiger partial charge in [-0.05, 0) is 66.4 Å². The highest BCUT2D eigenvalue weighted by molar-refractivity contribution is 6.46. The number of pyridine rings is 1. The summed E-state index contributed by atoms with van der Waals surface area (Å²) >= 11 is 0. The van der Waals surface area contributed by atoms with Gasteiger partial charge >= 0.3 is 0 Å². The third-order valence-corrected chi connectivity index (χ3v) is 6.43. The Kier molecular flexibility index (Phi) is 6.46. The van der Waals surface area contributed by atoms with Crippen molar-refractivity contribution in [1.29, 1.82) is 0 Å². The van der Waals surface area contributed by atoms with Gasteiger partial charge in [-0.1, -0.05) is 25.1 Å². The Morgan fingerprint density at radius 3 is 2.81 bits per heavy atom. The summed E-state index contributed by atoms with van der Waals surface area (Å²) in [6.45, 7) is 4.73. The van der Waals surface area contributed by atoms with Gasteiger partial charge in [-0.25, -0.2) is 0 Å². The number of carbonyl (C=O) groups is 2. The van der Waals surface area contributed by atoms with Crippen molar-refractivity contribution in [2.45, 2.75) is 45.4 Å². The molecule has 0 aliphatic carbocycles. The van der Waals surface area contributed by atoms with Crippen molar-refractivity contribution in [3.63, 3.8) is 0 Å². The average molecular weight is 485 g/mol. The maximum atomic E-state index is 13.4. The van der Waals surface area contributed by atoms with Gasteiger partial charge in [-0.3, -0.25) is 14.6 Å². The SMILES string of the molecule is CCCOc1cccc([C@@H]2C(=C(O)c3ccc4c(c3)C[C@@H](C)O4)C(=O)C(=O)N2Cc2cccnc2)c1. The van der Waals surface area contributed by atoms with Gasteiger partial charge in [-0.2, -0.15) is 0 Å². The molecule has 5 rings (SSSR count). The molecule has 2 aliphatic rings. The minimum absolute atomic E-state index is 0.0494. The van der Waals surface area contributed by atoms with E-state index in [9.17, 15) is 14.7 Å². The molecule has 0 spiro atoms. The van der Waals surface area contributed by atoms with E-state index in [0.29, 0.717) is 29.9 Å². The van der Waals surface area contributed by atoms with Gasteiger partial charge in [0.05, 0.1) is 18.2 Å². The van der Waals surface area contributed by atoms with Crippen LogP contribution in [0.1, 0.15) is 48.6 Å². The molecule has 1 N–H and O–H groups in total. The molecule has 2 atom stereocenters. The third kappa shape index (κ3) is 4.44. The maximum Gasteiger partial charge on any atom is 0.295 e. The van der Waals surface area contributed by atoms with Gasteiger partial charge in [0, 0.05) is 30.9 Å². The standard InChI is InChI=1S/C29H28N2O5/c1-3-12-35-23-8-4-7-20(15-23)26-25(27(32)21-9-10-24-22(14-21)13-18(2)36-24)28(33)29(34)31(26)17-19-6-5-11-30-16-19/h4-11,14-16,18,26,32H,3,12-13,17H2,1-2H3/t18-,26-/m1/s1. The summed E-state index contributed by atoms with van der Waals surface area (Å²) in [5.74, 6) is -0.164. The first-order valence-corrected chi connectivity index (χ1v) is 12.2. The number of aliphatic hydroxyl groups excluding tert-OH is 1. The van der Waals surface area contributed by atoms with Crippen molar-refractivity contribution in [2.75, 3.05) is 6.61 Å². The molecule has 7 nitrogen and oxygen atoms in total. The summed E-state index contributed by atoms with van der Waals surface area (Å²) in [5, 5.41) is 11.4. The van der Waals surface area contributed by atoms with Crippen LogP contribution in [0.5, 0.6) is 11.5 Å². The molecule has 0 saturated carbocycles. The molecule has 1 aromatic heterocycles. The number of hydrogen-bond acceptors (Lipinski definition) is 6.